The summed E-state index contributed by atoms with van der Waals surface area (Å²) in [6, 6.07) is 11.1. The summed E-state index contributed by atoms with van der Waals surface area (Å²) in [4.78, 5) is 0. The molecule has 0 aliphatic rings. The molecule has 7 nitrogen and oxygen atoms in total. The van der Waals surface area contributed by atoms with E-state index < -0.39 is 0 Å². The molecule has 7 heteroatoms. The fourth-order valence-corrected chi connectivity index (χ4v) is 2.25. The summed E-state index contributed by atoms with van der Waals surface area (Å²) in [6.07, 6.45) is 1.61. The molecule has 0 saturated heterocycles. The molecule has 0 atom stereocenters. The first-order chi connectivity index (χ1) is 11.3. The van der Waals surface area contributed by atoms with Gasteiger partial charge < -0.3 is 19.6 Å². The van der Waals surface area contributed by atoms with Gasteiger partial charge in [0.1, 0.15) is 29.5 Å². The SMILES string of the molecule is COc1ccc(OCCn2nnc(CN)c2-c2ccco2)cc1. The van der Waals surface area contributed by atoms with Gasteiger partial charge in [-0.1, -0.05) is 5.21 Å². The third-order valence-corrected chi connectivity index (χ3v) is 3.38. The zero-order valence-corrected chi connectivity index (χ0v) is 12.8. The van der Waals surface area contributed by atoms with Crippen molar-refractivity contribution in [3.8, 4) is 23.0 Å². The highest BCUT2D eigenvalue weighted by atomic mass is 16.5. The molecule has 2 aromatic heterocycles. The lowest BCUT2D eigenvalue weighted by Crippen LogP contribution is -2.11. The van der Waals surface area contributed by atoms with E-state index in [0.717, 1.165) is 17.2 Å². The van der Waals surface area contributed by atoms with Gasteiger partial charge in [0.15, 0.2) is 5.76 Å². The van der Waals surface area contributed by atoms with Crippen LogP contribution in [0.3, 0.4) is 0 Å². The molecule has 3 rings (SSSR count). The lowest BCUT2D eigenvalue weighted by Gasteiger charge is -2.08. The molecule has 2 heterocycles. The van der Waals surface area contributed by atoms with Crippen LogP contribution in [0.25, 0.3) is 11.5 Å². The van der Waals surface area contributed by atoms with E-state index in [-0.39, 0.29) is 0 Å². The normalized spacial score (nSPS) is 10.7. The summed E-state index contributed by atoms with van der Waals surface area (Å²) in [6.45, 7) is 1.29. The number of methoxy groups -OCH3 is 1. The summed E-state index contributed by atoms with van der Waals surface area (Å²) < 4.78 is 18.0. The molecule has 0 amide bonds. The summed E-state index contributed by atoms with van der Waals surface area (Å²) in [5.41, 5.74) is 7.20. The first kappa shape index (κ1) is 15.1. The van der Waals surface area contributed by atoms with Gasteiger partial charge in [0.05, 0.1) is 19.9 Å². The van der Waals surface area contributed by atoms with Crippen molar-refractivity contribution in [3.05, 3.63) is 48.4 Å². The van der Waals surface area contributed by atoms with Crippen molar-refractivity contribution in [1.29, 1.82) is 0 Å². The molecular formula is C16H18N4O3. The highest BCUT2D eigenvalue weighted by Crippen LogP contribution is 2.22. The molecule has 0 radical (unpaired) electrons. The van der Waals surface area contributed by atoms with Crippen molar-refractivity contribution in [3.63, 3.8) is 0 Å². The molecule has 0 fully saturated rings. The van der Waals surface area contributed by atoms with Gasteiger partial charge in [-0.15, -0.1) is 5.10 Å². The lowest BCUT2D eigenvalue weighted by molar-refractivity contribution is 0.289. The Labute approximate surface area is 133 Å². The first-order valence-corrected chi connectivity index (χ1v) is 7.25. The van der Waals surface area contributed by atoms with Crippen molar-refractivity contribution in [1.82, 2.24) is 15.0 Å². The monoisotopic (exact) mass is 314 g/mol. The van der Waals surface area contributed by atoms with Crippen molar-refractivity contribution in [2.45, 2.75) is 13.1 Å². The quantitative estimate of drug-likeness (QED) is 0.718. The van der Waals surface area contributed by atoms with Crippen LogP contribution in [0.2, 0.25) is 0 Å². The van der Waals surface area contributed by atoms with E-state index in [1.54, 1.807) is 18.1 Å². The summed E-state index contributed by atoms with van der Waals surface area (Å²) in [5.74, 6) is 2.26. The van der Waals surface area contributed by atoms with E-state index in [2.05, 4.69) is 10.3 Å². The number of nitrogens with zero attached hydrogens (tertiary/aromatic N) is 3. The lowest BCUT2D eigenvalue weighted by atomic mass is 10.2. The van der Waals surface area contributed by atoms with E-state index in [9.17, 15) is 0 Å². The maximum Gasteiger partial charge on any atom is 0.153 e. The molecular weight excluding hydrogens is 296 g/mol. The Bertz CT molecular complexity index is 735. The Kier molecular flexibility index (Phi) is 4.58. The average Bonchev–Trinajstić information content (AvgIpc) is 3.24. The number of hydrogen-bond acceptors (Lipinski definition) is 6. The van der Waals surface area contributed by atoms with Crippen LogP contribution in [0.1, 0.15) is 5.69 Å². The smallest absolute Gasteiger partial charge is 0.153 e. The maximum atomic E-state index is 5.72. The molecule has 0 aliphatic heterocycles. The fraction of sp³-hybridized carbons (Fsp3) is 0.250. The van der Waals surface area contributed by atoms with E-state index in [1.165, 1.54) is 0 Å². The second-order valence-corrected chi connectivity index (χ2v) is 4.81. The van der Waals surface area contributed by atoms with E-state index in [0.29, 0.717) is 31.2 Å². The number of aromatic nitrogens is 3. The number of benzene rings is 1. The molecule has 1 aromatic carbocycles. The Morgan fingerprint density at radius 1 is 1.17 bits per heavy atom. The number of furan rings is 1. The Balaban J connectivity index is 1.67. The molecule has 0 saturated carbocycles. The van der Waals surface area contributed by atoms with Gasteiger partial charge in [-0.2, -0.15) is 0 Å². The van der Waals surface area contributed by atoms with Crippen LogP contribution in [0, 0.1) is 0 Å². The van der Waals surface area contributed by atoms with Gasteiger partial charge in [-0.3, -0.25) is 0 Å². The minimum Gasteiger partial charge on any atom is -0.497 e. The Morgan fingerprint density at radius 3 is 2.61 bits per heavy atom. The highest BCUT2D eigenvalue weighted by molar-refractivity contribution is 5.55. The number of nitrogens with two attached hydrogens (primary N) is 1. The minimum absolute atomic E-state index is 0.301. The van der Waals surface area contributed by atoms with E-state index in [4.69, 9.17) is 19.6 Å². The molecule has 0 bridgehead atoms. The predicted molar refractivity (Wildman–Crippen MR) is 84.1 cm³/mol. The molecule has 0 spiro atoms. The molecule has 3 aromatic rings. The van der Waals surface area contributed by atoms with Crippen LogP contribution in [0.5, 0.6) is 11.5 Å². The van der Waals surface area contributed by atoms with Crippen LogP contribution in [0.15, 0.2) is 47.1 Å². The zero-order chi connectivity index (χ0) is 16.1. The molecule has 0 unspecified atom stereocenters. The van der Waals surface area contributed by atoms with E-state index in [1.807, 2.05) is 36.4 Å². The largest absolute Gasteiger partial charge is 0.497 e. The zero-order valence-electron chi connectivity index (χ0n) is 12.8. The van der Waals surface area contributed by atoms with Crippen LogP contribution >= 0.6 is 0 Å². The molecule has 120 valence electrons. The number of rotatable bonds is 7. The fourth-order valence-electron chi connectivity index (χ4n) is 2.25. The summed E-state index contributed by atoms with van der Waals surface area (Å²) in [7, 11) is 1.63. The van der Waals surface area contributed by atoms with Gasteiger partial charge in [0.25, 0.3) is 0 Å². The summed E-state index contributed by atoms with van der Waals surface area (Å²) in [5, 5.41) is 8.22. The molecule has 2 N–H and O–H groups in total. The maximum absolute atomic E-state index is 5.72. The van der Waals surface area contributed by atoms with Gasteiger partial charge in [-0.05, 0) is 36.4 Å². The van der Waals surface area contributed by atoms with Crippen molar-refractivity contribution in [2.75, 3.05) is 13.7 Å². The Morgan fingerprint density at radius 2 is 1.96 bits per heavy atom. The van der Waals surface area contributed by atoms with Crippen LogP contribution < -0.4 is 15.2 Å². The topological polar surface area (TPSA) is 88.3 Å². The average molecular weight is 314 g/mol. The third-order valence-electron chi connectivity index (χ3n) is 3.38. The van der Waals surface area contributed by atoms with Crippen LogP contribution in [-0.4, -0.2) is 28.7 Å². The van der Waals surface area contributed by atoms with E-state index >= 15 is 0 Å². The molecule has 23 heavy (non-hydrogen) atoms. The number of hydrogen-bond donors (Lipinski definition) is 1. The van der Waals surface area contributed by atoms with Crippen molar-refractivity contribution in [2.24, 2.45) is 5.73 Å². The van der Waals surface area contributed by atoms with Gasteiger partial charge in [0, 0.05) is 6.54 Å². The highest BCUT2D eigenvalue weighted by Gasteiger charge is 2.16. The standard InChI is InChI=1S/C16H18N4O3/c1-21-12-4-6-13(7-5-12)22-10-8-20-16(14(11-17)18-19-20)15-3-2-9-23-15/h2-7,9H,8,10-11,17H2,1H3. The Hall–Kier alpha value is -2.80. The molecule has 0 aliphatic carbocycles. The van der Waals surface area contributed by atoms with Gasteiger partial charge in [0.2, 0.25) is 0 Å². The second kappa shape index (κ2) is 6.97. The van der Waals surface area contributed by atoms with Gasteiger partial charge >= 0.3 is 0 Å². The number of ether oxygens (including phenoxy) is 2. The van der Waals surface area contributed by atoms with Crippen molar-refractivity contribution < 1.29 is 13.9 Å². The third kappa shape index (κ3) is 3.35. The summed E-state index contributed by atoms with van der Waals surface area (Å²) >= 11 is 0. The van der Waals surface area contributed by atoms with Crippen LogP contribution in [0.4, 0.5) is 0 Å². The van der Waals surface area contributed by atoms with Crippen molar-refractivity contribution >= 4 is 0 Å². The second-order valence-electron chi connectivity index (χ2n) is 4.81. The minimum atomic E-state index is 0.301. The van der Waals surface area contributed by atoms with Crippen LogP contribution in [-0.2, 0) is 13.1 Å². The first-order valence-electron chi connectivity index (χ1n) is 7.25. The van der Waals surface area contributed by atoms with Gasteiger partial charge in [-0.25, -0.2) is 4.68 Å². The predicted octanol–water partition coefficient (Wildman–Crippen LogP) is 2.08.